The zero-order valence-electron chi connectivity index (χ0n) is 19.9. The van der Waals surface area contributed by atoms with Crippen molar-refractivity contribution in [3.05, 3.63) is 21.6 Å². The number of nitro groups is 1. The highest BCUT2D eigenvalue weighted by atomic mass is 35.5. The van der Waals surface area contributed by atoms with Gasteiger partial charge in [-0.25, -0.2) is 4.79 Å². The van der Waals surface area contributed by atoms with Crippen molar-refractivity contribution in [3.8, 4) is 0 Å². The van der Waals surface area contributed by atoms with E-state index in [1.54, 1.807) is 11.8 Å². The Morgan fingerprint density at radius 2 is 1.79 bits per heavy atom. The molecule has 33 heavy (non-hydrogen) atoms. The van der Waals surface area contributed by atoms with Crippen LogP contribution in [0.3, 0.4) is 0 Å². The smallest absolute Gasteiger partial charge is 0.410 e. The summed E-state index contributed by atoms with van der Waals surface area (Å²) in [6.07, 6.45) is 2.97. The lowest BCUT2D eigenvalue weighted by atomic mass is 9.99. The van der Waals surface area contributed by atoms with Gasteiger partial charge in [-0.05, 0) is 75.1 Å². The summed E-state index contributed by atoms with van der Waals surface area (Å²) < 4.78 is 6.89. The van der Waals surface area contributed by atoms with Gasteiger partial charge in [0.25, 0.3) is 0 Å². The monoisotopic (exact) mass is 486 g/mol. The molecule has 0 radical (unpaired) electrons. The largest absolute Gasteiger partial charge is 0.444 e. The summed E-state index contributed by atoms with van der Waals surface area (Å²) in [6, 6.07) is 0.456. The van der Waals surface area contributed by atoms with Crippen molar-refractivity contribution < 1.29 is 19.6 Å². The molecule has 0 aromatic carbocycles. The average Bonchev–Trinajstić information content (AvgIpc) is 3.07. The Morgan fingerprint density at radius 3 is 2.30 bits per heavy atom. The van der Waals surface area contributed by atoms with Gasteiger partial charge in [-0.3, -0.25) is 9.47 Å². The van der Waals surface area contributed by atoms with E-state index >= 15 is 0 Å². The number of carbonyl (C=O) groups excluding carboxylic acids is 1. The molecule has 1 N–H and O–H groups in total. The molecule has 0 aliphatic carbocycles. The number of rotatable bonds is 6. The molecule has 3 heterocycles. The van der Waals surface area contributed by atoms with E-state index in [-0.39, 0.29) is 23.7 Å². The van der Waals surface area contributed by atoms with Crippen molar-refractivity contribution in [2.24, 2.45) is 0 Å². The minimum absolute atomic E-state index is 0.00814. The molecular formula is C21H35ClN6O5. The van der Waals surface area contributed by atoms with Gasteiger partial charge >= 0.3 is 17.2 Å². The molecule has 1 amide bonds. The van der Waals surface area contributed by atoms with Crippen LogP contribution < -0.4 is 0 Å². The van der Waals surface area contributed by atoms with E-state index in [0.717, 1.165) is 39.0 Å². The molecule has 0 bridgehead atoms. The first kappa shape index (κ1) is 25.7. The van der Waals surface area contributed by atoms with Crippen LogP contribution in [0.5, 0.6) is 0 Å². The van der Waals surface area contributed by atoms with E-state index in [2.05, 4.69) is 14.8 Å². The maximum Gasteiger partial charge on any atom is 0.410 e. The standard InChI is InChI=1S/C21H35ClN6O5/c1-20(2,3)33-19(29)26-11-9-25(10-12-26)16-5-7-24(8-6-16)14-21(4,30)15-27-13-17(28(31)32)23-18(27)22/h13,16,30H,5-12,14-15H2,1-4H3. The number of hydrogen-bond acceptors (Lipinski definition) is 8. The highest BCUT2D eigenvalue weighted by Crippen LogP contribution is 2.23. The van der Waals surface area contributed by atoms with E-state index in [1.807, 2.05) is 20.8 Å². The Hall–Kier alpha value is -1.95. The first-order valence-corrected chi connectivity index (χ1v) is 11.7. The van der Waals surface area contributed by atoms with Crippen molar-refractivity contribution in [2.75, 3.05) is 45.8 Å². The van der Waals surface area contributed by atoms with Crippen LogP contribution in [0.15, 0.2) is 6.20 Å². The van der Waals surface area contributed by atoms with Gasteiger partial charge in [-0.2, -0.15) is 0 Å². The number of aromatic nitrogens is 2. The van der Waals surface area contributed by atoms with Crippen LogP contribution in [0, 0.1) is 10.1 Å². The van der Waals surface area contributed by atoms with Crippen LogP contribution in [0.4, 0.5) is 10.6 Å². The number of hydrogen-bond donors (Lipinski definition) is 1. The fourth-order valence-electron chi connectivity index (χ4n) is 4.52. The normalized spacial score (nSPS) is 21.1. The van der Waals surface area contributed by atoms with Crippen molar-refractivity contribution in [3.63, 3.8) is 0 Å². The second-order valence-electron chi connectivity index (χ2n) is 10.3. The van der Waals surface area contributed by atoms with Gasteiger partial charge in [0.1, 0.15) is 11.8 Å². The number of aliphatic hydroxyl groups is 1. The summed E-state index contributed by atoms with van der Waals surface area (Å²) in [6.45, 7) is 12.6. The molecule has 11 nitrogen and oxygen atoms in total. The van der Waals surface area contributed by atoms with Gasteiger partial charge < -0.3 is 29.8 Å². The van der Waals surface area contributed by atoms with Gasteiger partial charge in [-0.1, -0.05) is 0 Å². The first-order chi connectivity index (χ1) is 15.3. The third-order valence-electron chi connectivity index (χ3n) is 6.02. The van der Waals surface area contributed by atoms with Gasteiger partial charge in [-0.15, -0.1) is 0 Å². The molecule has 186 valence electrons. The lowest BCUT2D eigenvalue weighted by molar-refractivity contribution is -0.389. The highest BCUT2D eigenvalue weighted by molar-refractivity contribution is 6.28. The molecule has 2 fully saturated rings. The van der Waals surface area contributed by atoms with Crippen LogP contribution >= 0.6 is 11.6 Å². The Balaban J connectivity index is 1.43. The van der Waals surface area contributed by atoms with E-state index in [0.29, 0.717) is 25.7 Å². The summed E-state index contributed by atoms with van der Waals surface area (Å²) in [5, 5.41) is 21.8. The third-order valence-corrected chi connectivity index (χ3v) is 6.32. The maximum atomic E-state index is 12.3. The molecule has 0 spiro atoms. The van der Waals surface area contributed by atoms with Crippen molar-refractivity contribution in [1.82, 2.24) is 24.3 Å². The Labute approximate surface area is 199 Å². The number of nitrogens with zero attached hydrogens (tertiary/aromatic N) is 6. The number of imidazole rings is 1. The minimum atomic E-state index is -1.11. The second-order valence-corrected chi connectivity index (χ2v) is 10.6. The minimum Gasteiger partial charge on any atom is -0.444 e. The summed E-state index contributed by atoms with van der Waals surface area (Å²) in [5.74, 6) is -0.330. The zero-order chi connectivity index (χ0) is 24.4. The van der Waals surface area contributed by atoms with E-state index in [1.165, 1.54) is 10.8 Å². The van der Waals surface area contributed by atoms with Gasteiger partial charge in [0.05, 0.1) is 12.1 Å². The summed E-state index contributed by atoms with van der Waals surface area (Å²) in [4.78, 5) is 32.7. The molecule has 2 aliphatic heterocycles. The molecule has 1 aromatic heterocycles. The maximum absolute atomic E-state index is 12.3. The number of ether oxygens (including phenoxy) is 1. The van der Waals surface area contributed by atoms with Crippen LogP contribution in [0.25, 0.3) is 0 Å². The SMILES string of the molecule is CC(O)(CN1CCC(N2CCN(C(=O)OC(C)(C)C)CC2)CC1)Cn1cc([N+](=O)[O-])nc1Cl. The van der Waals surface area contributed by atoms with Gasteiger partial charge in [0.15, 0.2) is 0 Å². The summed E-state index contributed by atoms with van der Waals surface area (Å²) in [7, 11) is 0. The Bertz CT molecular complexity index is 839. The van der Waals surface area contributed by atoms with E-state index < -0.39 is 16.1 Å². The van der Waals surface area contributed by atoms with Crippen LogP contribution in [-0.4, -0.2) is 103 Å². The predicted molar refractivity (Wildman–Crippen MR) is 123 cm³/mol. The average molecular weight is 487 g/mol. The Kier molecular flexibility index (Phi) is 7.87. The molecule has 0 saturated carbocycles. The van der Waals surface area contributed by atoms with Crippen molar-refractivity contribution in [1.29, 1.82) is 0 Å². The number of piperazine rings is 1. The van der Waals surface area contributed by atoms with Crippen LogP contribution in [0.2, 0.25) is 5.28 Å². The number of piperidine rings is 1. The fraction of sp³-hybridized carbons (Fsp3) is 0.810. The Morgan fingerprint density at radius 1 is 1.18 bits per heavy atom. The number of carbonyl (C=O) groups is 1. The molecule has 1 unspecified atom stereocenters. The molecule has 12 heteroatoms. The lowest BCUT2D eigenvalue weighted by Gasteiger charge is -2.43. The second kappa shape index (κ2) is 10.1. The number of amides is 1. The summed E-state index contributed by atoms with van der Waals surface area (Å²) in [5.41, 5.74) is -1.59. The topological polar surface area (TPSA) is 117 Å². The predicted octanol–water partition coefficient (Wildman–Crippen LogP) is 2.21. The first-order valence-electron chi connectivity index (χ1n) is 11.4. The van der Waals surface area contributed by atoms with Crippen LogP contribution in [0.1, 0.15) is 40.5 Å². The van der Waals surface area contributed by atoms with Crippen molar-refractivity contribution >= 4 is 23.5 Å². The number of β-amino-alcohol motifs (C(OH)–C–C–N with tert-alkyl or cyclic N) is 1. The van der Waals surface area contributed by atoms with E-state index in [4.69, 9.17) is 16.3 Å². The molecule has 2 aliphatic rings. The molecular weight excluding hydrogens is 452 g/mol. The highest BCUT2D eigenvalue weighted by Gasteiger charge is 2.33. The number of likely N-dealkylation sites (tertiary alicyclic amines) is 1. The quantitative estimate of drug-likeness (QED) is 0.480. The lowest BCUT2D eigenvalue weighted by Crippen LogP contribution is -2.55. The van der Waals surface area contributed by atoms with E-state index in [9.17, 15) is 20.0 Å². The van der Waals surface area contributed by atoms with Gasteiger partial charge in [0, 0.05) is 38.8 Å². The molecule has 3 rings (SSSR count). The van der Waals surface area contributed by atoms with Crippen LogP contribution in [-0.2, 0) is 11.3 Å². The molecule has 1 aromatic rings. The van der Waals surface area contributed by atoms with Gasteiger partial charge in [0.2, 0.25) is 0 Å². The third kappa shape index (κ3) is 7.26. The zero-order valence-corrected chi connectivity index (χ0v) is 20.6. The summed E-state index contributed by atoms with van der Waals surface area (Å²) >= 11 is 5.99. The number of halogens is 1. The molecule has 1 atom stereocenters. The van der Waals surface area contributed by atoms with Crippen molar-refractivity contribution in [2.45, 2.75) is 64.3 Å². The molecule has 2 saturated heterocycles. The fourth-order valence-corrected chi connectivity index (χ4v) is 4.71.